The van der Waals surface area contributed by atoms with Gasteiger partial charge in [-0.1, -0.05) is 32.9 Å². The van der Waals surface area contributed by atoms with Gasteiger partial charge in [0.1, 0.15) is 11.4 Å². The maximum Gasteiger partial charge on any atom is 0.339 e. The van der Waals surface area contributed by atoms with E-state index in [1.807, 2.05) is 25.4 Å². The minimum atomic E-state index is -0.962. The number of allylic oxidation sites excluding steroid dienone is 1. The highest BCUT2D eigenvalue weighted by molar-refractivity contribution is 5.96. The molecule has 1 aliphatic carbocycles. The first-order chi connectivity index (χ1) is 13.7. The largest absolute Gasteiger partial charge is 0.478 e. The standard InChI is InChI=1S/C24H27N3O2/c1-24(2,3)9-7-16-11-19(12-17-8-10-27(4)21(16)17)26-22-20(23(28)29)13-18(14-25-22)15-5-6-15/h7-15H,5-6H2,1-4H3,(H,25,26)(H,28,29)/b9-7+. The fourth-order valence-corrected chi connectivity index (χ4v) is 3.54. The molecule has 1 saturated carbocycles. The van der Waals surface area contributed by atoms with E-state index in [0.717, 1.165) is 40.6 Å². The van der Waals surface area contributed by atoms with Crippen LogP contribution in [-0.4, -0.2) is 20.6 Å². The molecule has 2 aromatic heterocycles. The van der Waals surface area contributed by atoms with Crippen LogP contribution in [0.3, 0.4) is 0 Å². The first kappa shape index (κ1) is 19.2. The van der Waals surface area contributed by atoms with Gasteiger partial charge in [0.15, 0.2) is 0 Å². The lowest BCUT2D eigenvalue weighted by Gasteiger charge is -2.14. The maximum absolute atomic E-state index is 11.8. The number of hydrogen-bond donors (Lipinski definition) is 2. The average Bonchev–Trinajstić information content (AvgIpc) is 3.43. The van der Waals surface area contributed by atoms with Crippen molar-refractivity contribution in [3.63, 3.8) is 0 Å². The van der Waals surface area contributed by atoms with Crippen molar-refractivity contribution < 1.29 is 9.90 Å². The van der Waals surface area contributed by atoms with Crippen LogP contribution in [0.15, 0.2) is 42.7 Å². The summed E-state index contributed by atoms with van der Waals surface area (Å²) >= 11 is 0. The van der Waals surface area contributed by atoms with E-state index in [1.54, 1.807) is 12.3 Å². The summed E-state index contributed by atoms with van der Waals surface area (Å²) in [4.78, 5) is 16.2. The fraction of sp³-hybridized carbons (Fsp3) is 0.333. The summed E-state index contributed by atoms with van der Waals surface area (Å²) in [6, 6.07) is 7.91. The van der Waals surface area contributed by atoms with Crippen molar-refractivity contribution >= 4 is 34.5 Å². The van der Waals surface area contributed by atoms with Crippen molar-refractivity contribution in [1.29, 1.82) is 0 Å². The fourth-order valence-electron chi connectivity index (χ4n) is 3.54. The van der Waals surface area contributed by atoms with E-state index < -0.39 is 5.97 Å². The minimum absolute atomic E-state index is 0.0671. The summed E-state index contributed by atoms with van der Waals surface area (Å²) in [6.45, 7) is 6.49. The Morgan fingerprint density at radius 1 is 1.28 bits per heavy atom. The Kier molecular flexibility index (Phi) is 4.69. The molecule has 2 heterocycles. The second-order valence-electron chi connectivity index (χ2n) is 9.00. The molecular weight excluding hydrogens is 362 g/mol. The molecule has 0 aliphatic heterocycles. The predicted octanol–water partition coefficient (Wildman–Crippen LogP) is 5.95. The lowest BCUT2D eigenvalue weighted by atomic mass is 9.95. The molecule has 0 saturated heterocycles. The molecule has 4 rings (SSSR count). The number of aryl methyl sites for hydroxylation is 1. The van der Waals surface area contributed by atoms with E-state index in [0.29, 0.717) is 11.7 Å². The number of hydrogen-bond acceptors (Lipinski definition) is 3. The molecule has 5 heteroatoms. The summed E-state index contributed by atoms with van der Waals surface area (Å²) in [5.41, 5.74) is 4.35. The van der Waals surface area contributed by atoms with Crippen molar-refractivity contribution in [2.45, 2.75) is 39.5 Å². The molecular formula is C24H27N3O2. The SMILES string of the molecule is Cn1ccc2cc(Nc3ncc(C4CC4)cc3C(=O)O)cc(/C=C/C(C)(C)C)c21. The summed E-state index contributed by atoms with van der Waals surface area (Å²) in [5.74, 6) is -0.122. The van der Waals surface area contributed by atoms with Crippen LogP contribution in [-0.2, 0) is 7.05 Å². The van der Waals surface area contributed by atoms with Crippen molar-refractivity contribution in [3.05, 3.63) is 59.4 Å². The Morgan fingerprint density at radius 3 is 2.69 bits per heavy atom. The zero-order valence-corrected chi connectivity index (χ0v) is 17.4. The summed E-state index contributed by atoms with van der Waals surface area (Å²) in [7, 11) is 2.03. The number of carboxylic acid groups (broad SMARTS) is 1. The number of nitrogens with one attached hydrogen (secondary N) is 1. The normalized spacial score (nSPS) is 14.6. The molecule has 1 aromatic carbocycles. The van der Waals surface area contributed by atoms with Gasteiger partial charge in [-0.3, -0.25) is 0 Å². The number of fused-ring (bicyclic) bond motifs is 1. The van der Waals surface area contributed by atoms with Gasteiger partial charge in [0, 0.05) is 36.1 Å². The Labute approximate surface area is 171 Å². The molecule has 0 amide bonds. The molecule has 1 aliphatic rings. The quantitative estimate of drug-likeness (QED) is 0.566. The smallest absolute Gasteiger partial charge is 0.339 e. The number of rotatable bonds is 5. The zero-order valence-electron chi connectivity index (χ0n) is 17.4. The Hall–Kier alpha value is -3.08. The maximum atomic E-state index is 11.8. The van der Waals surface area contributed by atoms with E-state index in [1.165, 1.54) is 0 Å². The third kappa shape index (κ3) is 4.19. The number of carbonyl (C=O) groups is 1. The van der Waals surface area contributed by atoms with Crippen LogP contribution in [0.4, 0.5) is 11.5 Å². The van der Waals surface area contributed by atoms with E-state index >= 15 is 0 Å². The average molecular weight is 389 g/mol. The van der Waals surface area contributed by atoms with Crippen LogP contribution in [0.25, 0.3) is 17.0 Å². The van der Waals surface area contributed by atoms with E-state index in [2.05, 4.69) is 53.9 Å². The highest BCUT2D eigenvalue weighted by atomic mass is 16.4. The molecule has 2 N–H and O–H groups in total. The molecule has 150 valence electrons. The van der Waals surface area contributed by atoms with Gasteiger partial charge in [-0.05, 0) is 54.0 Å². The third-order valence-corrected chi connectivity index (χ3v) is 5.21. The lowest BCUT2D eigenvalue weighted by molar-refractivity contribution is 0.0697. The van der Waals surface area contributed by atoms with Crippen LogP contribution >= 0.6 is 0 Å². The topological polar surface area (TPSA) is 67.2 Å². The minimum Gasteiger partial charge on any atom is -0.478 e. The van der Waals surface area contributed by atoms with E-state index in [9.17, 15) is 9.90 Å². The van der Waals surface area contributed by atoms with Crippen LogP contribution in [0.5, 0.6) is 0 Å². The number of aromatic nitrogens is 2. The van der Waals surface area contributed by atoms with Crippen LogP contribution in [0.1, 0.15) is 61.0 Å². The summed E-state index contributed by atoms with van der Waals surface area (Å²) in [6.07, 6.45) is 10.4. The van der Waals surface area contributed by atoms with E-state index in [-0.39, 0.29) is 11.0 Å². The molecule has 3 aromatic rings. The van der Waals surface area contributed by atoms with Crippen molar-refractivity contribution in [3.8, 4) is 0 Å². The van der Waals surface area contributed by atoms with Gasteiger partial charge >= 0.3 is 5.97 Å². The first-order valence-electron chi connectivity index (χ1n) is 10.00. The van der Waals surface area contributed by atoms with Crippen molar-refractivity contribution in [2.75, 3.05) is 5.32 Å². The number of carboxylic acids is 1. The number of benzene rings is 1. The predicted molar refractivity (Wildman–Crippen MR) is 118 cm³/mol. The van der Waals surface area contributed by atoms with Gasteiger partial charge in [-0.25, -0.2) is 9.78 Å². The second-order valence-corrected chi connectivity index (χ2v) is 9.00. The molecule has 0 radical (unpaired) electrons. The van der Waals surface area contributed by atoms with Gasteiger partial charge < -0.3 is 15.0 Å². The lowest BCUT2D eigenvalue weighted by Crippen LogP contribution is -2.06. The van der Waals surface area contributed by atoms with Crippen molar-refractivity contribution in [1.82, 2.24) is 9.55 Å². The Balaban J connectivity index is 1.75. The van der Waals surface area contributed by atoms with Gasteiger partial charge in [0.25, 0.3) is 0 Å². The van der Waals surface area contributed by atoms with Gasteiger partial charge in [-0.15, -0.1) is 0 Å². The molecule has 5 nitrogen and oxygen atoms in total. The Bertz CT molecular complexity index is 1120. The number of pyridine rings is 1. The van der Waals surface area contributed by atoms with Crippen LogP contribution < -0.4 is 5.32 Å². The van der Waals surface area contributed by atoms with Crippen LogP contribution in [0.2, 0.25) is 0 Å². The first-order valence-corrected chi connectivity index (χ1v) is 10.00. The highest BCUT2D eigenvalue weighted by Crippen LogP contribution is 2.40. The molecule has 29 heavy (non-hydrogen) atoms. The number of nitrogens with zero attached hydrogens (tertiary/aromatic N) is 2. The van der Waals surface area contributed by atoms with Crippen LogP contribution in [0, 0.1) is 5.41 Å². The molecule has 0 atom stereocenters. The molecule has 1 fully saturated rings. The van der Waals surface area contributed by atoms with Gasteiger partial charge in [-0.2, -0.15) is 0 Å². The van der Waals surface area contributed by atoms with E-state index in [4.69, 9.17) is 0 Å². The molecule has 0 spiro atoms. The second kappa shape index (κ2) is 7.07. The van der Waals surface area contributed by atoms with Crippen molar-refractivity contribution in [2.24, 2.45) is 12.5 Å². The Morgan fingerprint density at radius 2 is 2.03 bits per heavy atom. The monoisotopic (exact) mass is 389 g/mol. The van der Waals surface area contributed by atoms with Gasteiger partial charge in [0.05, 0.1) is 5.52 Å². The number of aromatic carboxylic acids is 1. The number of anilines is 2. The molecule has 0 unspecified atom stereocenters. The summed E-state index contributed by atoms with van der Waals surface area (Å²) in [5, 5.41) is 14.0. The third-order valence-electron chi connectivity index (χ3n) is 5.21. The zero-order chi connectivity index (χ0) is 20.8. The summed E-state index contributed by atoms with van der Waals surface area (Å²) < 4.78 is 2.10. The molecule has 0 bridgehead atoms. The van der Waals surface area contributed by atoms with Gasteiger partial charge in [0.2, 0.25) is 0 Å². The highest BCUT2D eigenvalue weighted by Gasteiger charge is 2.26.